The average Bonchev–Trinajstić information content (AvgIpc) is 3.11. The summed E-state index contributed by atoms with van der Waals surface area (Å²) in [4.78, 5) is 7.80. The molecule has 0 fully saturated rings. The Morgan fingerprint density at radius 1 is 1.05 bits per heavy atom. The molecule has 0 radical (unpaired) electrons. The summed E-state index contributed by atoms with van der Waals surface area (Å²) >= 11 is 0. The van der Waals surface area contributed by atoms with Gasteiger partial charge in [0.05, 0.1) is 5.52 Å². The third-order valence-electron chi connectivity index (χ3n) is 3.48. The summed E-state index contributed by atoms with van der Waals surface area (Å²) in [5.41, 5.74) is 2.79. The highest BCUT2D eigenvalue weighted by molar-refractivity contribution is 6.10. The molecule has 3 heterocycles. The number of fused-ring (bicyclic) bond motifs is 3. The van der Waals surface area contributed by atoms with Crippen LogP contribution in [-0.2, 0) is 6.61 Å². The lowest BCUT2D eigenvalue weighted by Crippen LogP contribution is -1.83. The quantitative estimate of drug-likeness (QED) is 0.583. The molecule has 4 rings (SSSR count). The molecule has 2 N–H and O–H groups in total. The minimum atomic E-state index is -0.108. The summed E-state index contributed by atoms with van der Waals surface area (Å²) in [6, 6.07) is 13.7. The molecular weight excluding hydrogens is 253 g/mol. The Kier molecular flexibility index (Phi) is 2.37. The van der Waals surface area contributed by atoms with Gasteiger partial charge in [-0.3, -0.25) is 4.98 Å². The Morgan fingerprint density at radius 2 is 1.95 bits per heavy atom. The van der Waals surface area contributed by atoms with E-state index >= 15 is 0 Å². The van der Waals surface area contributed by atoms with Crippen LogP contribution in [0.15, 0.2) is 53.1 Å². The van der Waals surface area contributed by atoms with Crippen LogP contribution in [0.3, 0.4) is 0 Å². The Labute approximate surface area is 114 Å². The first-order valence-corrected chi connectivity index (χ1v) is 6.42. The SMILES string of the molecule is OCc1ccc(-c2[15n]ccc3c2[nH]c2ccccc23)o1. The zero-order valence-electron chi connectivity index (χ0n) is 10.6. The van der Waals surface area contributed by atoms with Gasteiger partial charge in [-0.1, -0.05) is 18.2 Å². The minimum Gasteiger partial charge on any atom is -0.457 e. The molecule has 0 aliphatic carbocycles. The molecule has 3 aromatic heterocycles. The van der Waals surface area contributed by atoms with E-state index in [4.69, 9.17) is 9.52 Å². The molecule has 1 aromatic carbocycles. The number of benzene rings is 1. The normalized spacial score (nSPS) is 11.4. The second kappa shape index (κ2) is 4.21. The molecule has 0 unspecified atom stereocenters. The number of pyridine rings is 1. The average molecular weight is 265 g/mol. The topological polar surface area (TPSA) is 62.1 Å². The van der Waals surface area contributed by atoms with Gasteiger partial charge >= 0.3 is 0 Å². The van der Waals surface area contributed by atoms with Crippen molar-refractivity contribution in [2.75, 3.05) is 0 Å². The van der Waals surface area contributed by atoms with Crippen molar-refractivity contribution in [1.82, 2.24) is 9.97 Å². The minimum absolute atomic E-state index is 0.108. The zero-order valence-corrected chi connectivity index (χ0v) is 10.6. The molecule has 4 heteroatoms. The van der Waals surface area contributed by atoms with Crippen molar-refractivity contribution in [3.05, 3.63) is 54.4 Å². The smallest absolute Gasteiger partial charge is 0.154 e. The summed E-state index contributed by atoms with van der Waals surface area (Å²) in [6.07, 6.45) is 1.78. The maximum atomic E-state index is 9.10. The standard InChI is InChI=1S/C16H12N2O2/c19-9-10-5-6-14(20-10)16-15-12(7-8-17-16)11-3-1-2-4-13(11)18-15/h1-8,18-19H,9H2/i17+1. The molecule has 20 heavy (non-hydrogen) atoms. The number of para-hydroxylation sites is 1. The van der Waals surface area contributed by atoms with Crippen molar-refractivity contribution in [1.29, 1.82) is 0 Å². The molecule has 0 aliphatic rings. The predicted octanol–water partition coefficient (Wildman–Crippen LogP) is 3.47. The predicted molar refractivity (Wildman–Crippen MR) is 77.2 cm³/mol. The van der Waals surface area contributed by atoms with Gasteiger partial charge in [-0.2, -0.15) is 0 Å². The maximum Gasteiger partial charge on any atom is 0.154 e. The number of rotatable bonds is 2. The van der Waals surface area contributed by atoms with Gasteiger partial charge in [0.15, 0.2) is 5.76 Å². The van der Waals surface area contributed by atoms with E-state index in [9.17, 15) is 0 Å². The fourth-order valence-electron chi connectivity index (χ4n) is 2.55. The number of aromatic nitrogens is 2. The Balaban J connectivity index is 2.04. The van der Waals surface area contributed by atoms with Crippen molar-refractivity contribution < 1.29 is 9.52 Å². The number of H-pyrrole nitrogens is 1. The van der Waals surface area contributed by atoms with Gasteiger partial charge in [0.2, 0.25) is 0 Å². The van der Waals surface area contributed by atoms with Gasteiger partial charge in [0.25, 0.3) is 0 Å². The van der Waals surface area contributed by atoms with E-state index in [2.05, 4.69) is 16.0 Å². The van der Waals surface area contributed by atoms with Gasteiger partial charge in [0, 0.05) is 22.5 Å². The first-order valence-electron chi connectivity index (χ1n) is 6.42. The molecular formula is C16H12N2O2. The highest BCUT2D eigenvalue weighted by Gasteiger charge is 2.13. The van der Waals surface area contributed by atoms with Gasteiger partial charge in [-0.15, -0.1) is 0 Å². The molecule has 0 bridgehead atoms. The summed E-state index contributed by atoms with van der Waals surface area (Å²) in [6.45, 7) is -0.108. The van der Waals surface area contributed by atoms with E-state index in [1.54, 1.807) is 12.3 Å². The van der Waals surface area contributed by atoms with E-state index in [1.807, 2.05) is 30.3 Å². The lowest BCUT2D eigenvalue weighted by molar-refractivity contribution is 0.248. The number of nitrogens with zero attached hydrogens (tertiary/aromatic N) is 1. The van der Waals surface area contributed by atoms with Crippen molar-refractivity contribution in [3.8, 4) is 11.5 Å². The molecule has 98 valence electrons. The summed E-state index contributed by atoms with van der Waals surface area (Å²) < 4.78 is 5.59. The molecule has 4 nitrogen and oxygen atoms in total. The van der Waals surface area contributed by atoms with Gasteiger partial charge < -0.3 is 14.5 Å². The number of hydrogen-bond donors (Lipinski definition) is 2. The van der Waals surface area contributed by atoms with E-state index in [1.165, 1.54) is 5.39 Å². The van der Waals surface area contributed by atoms with Gasteiger partial charge in [0.1, 0.15) is 18.1 Å². The van der Waals surface area contributed by atoms with Crippen LogP contribution in [0.5, 0.6) is 0 Å². The molecule has 0 aliphatic heterocycles. The third kappa shape index (κ3) is 1.55. The summed E-state index contributed by atoms with van der Waals surface area (Å²) in [5, 5.41) is 11.4. The van der Waals surface area contributed by atoms with Gasteiger partial charge in [-0.05, 0) is 24.3 Å². The highest BCUT2D eigenvalue weighted by atomic mass is 16.4. The number of aliphatic hydroxyl groups excluding tert-OH is 1. The molecule has 0 spiro atoms. The fraction of sp³-hybridized carbons (Fsp3) is 0.0625. The molecule has 0 saturated carbocycles. The van der Waals surface area contributed by atoms with E-state index in [0.29, 0.717) is 11.5 Å². The van der Waals surface area contributed by atoms with Crippen LogP contribution in [0.2, 0.25) is 0 Å². The van der Waals surface area contributed by atoms with Crippen molar-refractivity contribution >= 4 is 21.8 Å². The van der Waals surface area contributed by atoms with E-state index < -0.39 is 0 Å². The maximum absolute atomic E-state index is 9.10. The Bertz CT molecular complexity index is 905. The summed E-state index contributed by atoms with van der Waals surface area (Å²) in [7, 11) is 0. The van der Waals surface area contributed by atoms with E-state index in [0.717, 1.165) is 22.1 Å². The van der Waals surface area contributed by atoms with Crippen molar-refractivity contribution in [2.45, 2.75) is 6.61 Å². The van der Waals surface area contributed by atoms with Gasteiger partial charge in [-0.25, -0.2) is 0 Å². The highest BCUT2D eigenvalue weighted by Crippen LogP contribution is 2.32. The second-order valence-electron chi connectivity index (χ2n) is 4.68. The summed E-state index contributed by atoms with van der Waals surface area (Å²) in [5.74, 6) is 1.20. The van der Waals surface area contributed by atoms with Crippen LogP contribution in [0.4, 0.5) is 0 Å². The number of furan rings is 1. The molecule has 0 amide bonds. The first-order chi connectivity index (χ1) is 9.86. The van der Waals surface area contributed by atoms with Crippen LogP contribution in [0.1, 0.15) is 5.76 Å². The first kappa shape index (κ1) is 11.3. The lowest BCUT2D eigenvalue weighted by Gasteiger charge is -1.98. The fourth-order valence-corrected chi connectivity index (χ4v) is 2.55. The Morgan fingerprint density at radius 3 is 2.80 bits per heavy atom. The van der Waals surface area contributed by atoms with Crippen LogP contribution >= 0.6 is 0 Å². The Hall–Kier alpha value is -2.59. The van der Waals surface area contributed by atoms with Crippen LogP contribution in [0, 0.1) is 0 Å². The van der Waals surface area contributed by atoms with Crippen LogP contribution < -0.4 is 0 Å². The largest absolute Gasteiger partial charge is 0.457 e. The number of aliphatic hydroxyl groups is 1. The molecule has 0 saturated heterocycles. The number of aromatic amines is 1. The molecule has 4 aromatic rings. The monoisotopic (exact) mass is 265 g/mol. The number of hydrogen-bond acceptors (Lipinski definition) is 3. The lowest BCUT2D eigenvalue weighted by atomic mass is 10.1. The van der Waals surface area contributed by atoms with Crippen molar-refractivity contribution in [2.24, 2.45) is 0 Å². The second-order valence-corrected chi connectivity index (χ2v) is 4.68. The molecule has 0 atom stereocenters. The number of nitrogens with one attached hydrogen (secondary N) is 1. The third-order valence-corrected chi connectivity index (χ3v) is 3.48. The van der Waals surface area contributed by atoms with Crippen molar-refractivity contribution in [3.63, 3.8) is 0 Å². The van der Waals surface area contributed by atoms with Crippen LogP contribution in [0.25, 0.3) is 33.3 Å². The van der Waals surface area contributed by atoms with Crippen LogP contribution in [-0.4, -0.2) is 15.1 Å². The zero-order chi connectivity index (χ0) is 13.5. The van der Waals surface area contributed by atoms with E-state index in [-0.39, 0.29) is 6.61 Å².